The monoisotopic (exact) mass is 285 g/mol. The van der Waals surface area contributed by atoms with E-state index in [0.717, 1.165) is 23.5 Å². The van der Waals surface area contributed by atoms with E-state index in [0.29, 0.717) is 12.4 Å². The Morgan fingerprint density at radius 3 is 2.90 bits per heavy atom. The minimum atomic E-state index is -0.0423. The van der Waals surface area contributed by atoms with E-state index in [4.69, 9.17) is 15.2 Å². The highest BCUT2D eigenvalue weighted by atomic mass is 16.6. The molecule has 5 nitrogen and oxygen atoms in total. The van der Waals surface area contributed by atoms with E-state index in [9.17, 15) is 0 Å². The van der Waals surface area contributed by atoms with Crippen molar-refractivity contribution in [2.75, 3.05) is 19.4 Å². The Hall–Kier alpha value is -2.27. The second kappa shape index (κ2) is 6.01. The van der Waals surface area contributed by atoms with Gasteiger partial charge in [-0.2, -0.15) is 0 Å². The highest BCUT2D eigenvalue weighted by Crippen LogP contribution is 2.31. The van der Waals surface area contributed by atoms with Gasteiger partial charge in [0.2, 0.25) is 0 Å². The number of pyridine rings is 1. The predicted molar refractivity (Wildman–Crippen MR) is 81.6 cm³/mol. The smallest absolute Gasteiger partial charge is 0.161 e. The molecule has 2 aromatic rings. The summed E-state index contributed by atoms with van der Waals surface area (Å²) in [7, 11) is 1.93. The highest BCUT2D eigenvalue weighted by Gasteiger charge is 2.28. The maximum Gasteiger partial charge on any atom is 0.161 e. The Balaban J connectivity index is 1.73. The first-order chi connectivity index (χ1) is 10.3. The third-order valence-corrected chi connectivity index (χ3v) is 3.65. The highest BCUT2D eigenvalue weighted by molar-refractivity contribution is 5.41. The summed E-state index contributed by atoms with van der Waals surface area (Å²) < 4.78 is 11.8. The van der Waals surface area contributed by atoms with Gasteiger partial charge >= 0.3 is 0 Å². The molecule has 0 aliphatic carbocycles. The largest absolute Gasteiger partial charge is 0.486 e. The summed E-state index contributed by atoms with van der Waals surface area (Å²) in [5.74, 6) is 2.13. The van der Waals surface area contributed by atoms with Crippen LogP contribution in [0.5, 0.6) is 11.5 Å². The van der Waals surface area contributed by atoms with E-state index in [1.54, 1.807) is 6.20 Å². The van der Waals surface area contributed by atoms with Crippen molar-refractivity contribution in [2.24, 2.45) is 0 Å². The second-order valence-electron chi connectivity index (χ2n) is 5.10. The minimum Gasteiger partial charge on any atom is -0.486 e. The van der Waals surface area contributed by atoms with Gasteiger partial charge in [-0.3, -0.25) is 0 Å². The van der Waals surface area contributed by atoms with Crippen LogP contribution in [0.15, 0.2) is 42.6 Å². The molecule has 1 aliphatic heterocycles. The Labute approximate surface area is 124 Å². The van der Waals surface area contributed by atoms with Gasteiger partial charge in [0, 0.05) is 6.20 Å². The molecule has 1 aliphatic rings. The molecule has 0 amide bonds. The SMILES string of the molecule is CNC(Cc1ccnc(N)c1)C1COc2ccccc2O1. The van der Waals surface area contributed by atoms with Crippen molar-refractivity contribution in [1.82, 2.24) is 10.3 Å². The van der Waals surface area contributed by atoms with Crippen LogP contribution in [-0.2, 0) is 6.42 Å². The summed E-state index contributed by atoms with van der Waals surface area (Å²) in [5.41, 5.74) is 6.86. The average Bonchev–Trinajstić information content (AvgIpc) is 2.52. The van der Waals surface area contributed by atoms with Gasteiger partial charge in [0.25, 0.3) is 0 Å². The van der Waals surface area contributed by atoms with E-state index >= 15 is 0 Å². The third kappa shape index (κ3) is 3.08. The summed E-state index contributed by atoms with van der Waals surface area (Å²) in [5, 5.41) is 3.30. The van der Waals surface area contributed by atoms with Crippen molar-refractivity contribution in [3.63, 3.8) is 0 Å². The molecule has 21 heavy (non-hydrogen) atoms. The maximum absolute atomic E-state index is 6.05. The molecule has 0 saturated heterocycles. The zero-order valence-corrected chi connectivity index (χ0v) is 12.0. The van der Waals surface area contributed by atoms with Crippen LogP contribution in [0, 0.1) is 0 Å². The Morgan fingerprint density at radius 1 is 1.33 bits per heavy atom. The van der Waals surface area contributed by atoms with Crippen LogP contribution in [-0.4, -0.2) is 30.8 Å². The third-order valence-electron chi connectivity index (χ3n) is 3.65. The van der Waals surface area contributed by atoms with Gasteiger partial charge in [-0.1, -0.05) is 12.1 Å². The fourth-order valence-electron chi connectivity index (χ4n) is 2.53. The van der Waals surface area contributed by atoms with Crippen molar-refractivity contribution in [1.29, 1.82) is 0 Å². The van der Waals surface area contributed by atoms with E-state index < -0.39 is 0 Å². The van der Waals surface area contributed by atoms with Crippen LogP contribution < -0.4 is 20.5 Å². The molecule has 0 radical (unpaired) electrons. The lowest BCUT2D eigenvalue weighted by atomic mass is 10.0. The number of anilines is 1. The number of para-hydroxylation sites is 2. The number of nitrogens with two attached hydrogens (primary N) is 1. The minimum absolute atomic E-state index is 0.0423. The first kappa shape index (κ1) is 13.7. The number of aromatic nitrogens is 1. The first-order valence-electron chi connectivity index (χ1n) is 7.02. The predicted octanol–water partition coefficient (Wildman–Crippen LogP) is 1.63. The average molecular weight is 285 g/mol. The Kier molecular flexibility index (Phi) is 3.92. The molecule has 0 spiro atoms. The molecule has 2 unspecified atom stereocenters. The van der Waals surface area contributed by atoms with Crippen molar-refractivity contribution in [3.05, 3.63) is 48.2 Å². The molecule has 0 bridgehead atoms. The molecule has 2 atom stereocenters. The molecule has 2 heterocycles. The van der Waals surface area contributed by atoms with Crippen LogP contribution in [0.4, 0.5) is 5.82 Å². The van der Waals surface area contributed by atoms with Crippen molar-refractivity contribution in [3.8, 4) is 11.5 Å². The number of ether oxygens (including phenoxy) is 2. The van der Waals surface area contributed by atoms with Gasteiger partial charge in [-0.05, 0) is 43.3 Å². The van der Waals surface area contributed by atoms with Gasteiger partial charge < -0.3 is 20.5 Å². The van der Waals surface area contributed by atoms with Gasteiger partial charge in [0.15, 0.2) is 11.5 Å². The molecule has 1 aromatic heterocycles. The number of likely N-dealkylation sites (N-methyl/N-ethyl adjacent to an activating group) is 1. The number of nitrogen functional groups attached to an aromatic ring is 1. The van der Waals surface area contributed by atoms with Gasteiger partial charge in [-0.15, -0.1) is 0 Å². The number of nitrogens with one attached hydrogen (secondary N) is 1. The van der Waals surface area contributed by atoms with Crippen LogP contribution in [0.25, 0.3) is 0 Å². The second-order valence-corrected chi connectivity index (χ2v) is 5.10. The van der Waals surface area contributed by atoms with E-state index in [-0.39, 0.29) is 12.1 Å². The molecular weight excluding hydrogens is 266 g/mol. The van der Waals surface area contributed by atoms with Crippen LogP contribution in [0.1, 0.15) is 5.56 Å². The molecule has 3 N–H and O–H groups in total. The number of hydrogen-bond acceptors (Lipinski definition) is 5. The maximum atomic E-state index is 6.05. The molecule has 110 valence electrons. The molecule has 1 aromatic carbocycles. The lowest BCUT2D eigenvalue weighted by Crippen LogP contribution is -2.47. The van der Waals surface area contributed by atoms with Crippen LogP contribution in [0.2, 0.25) is 0 Å². The standard InChI is InChI=1S/C16H19N3O2/c1-18-12(8-11-6-7-19-16(17)9-11)15-10-20-13-4-2-3-5-14(13)21-15/h2-7,9,12,15,18H,8,10H2,1H3,(H2,17,19). The molecular formula is C16H19N3O2. The number of rotatable bonds is 4. The summed E-state index contributed by atoms with van der Waals surface area (Å²) in [6.07, 6.45) is 2.49. The lowest BCUT2D eigenvalue weighted by Gasteiger charge is -2.32. The number of nitrogens with zero attached hydrogens (tertiary/aromatic N) is 1. The van der Waals surface area contributed by atoms with E-state index in [1.165, 1.54) is 0 Å². The van der Waals surface area contributed by atoms with Gasteiger partial charge in [0.05, 0.1) is 6.04 Å². The van der Waals surface area contributed by atoms with Gasteiger partial charge in [0.1, 0.15) is 18.5 Å². The van der Waals surface area contributed by atoms with Crippen molar-refractivity contribution in [2.45, 2.75) is 18.6 Å². The first-order valence-corrected chi connectivity index (χ1v) is 7.02. The molecule has 0 saturated carbocycles. The topological polar surface area (TPSA) is 69.4 Å². The molecule has 0 fully saturated rings. The van der Waals surface area contributed by atoms with Gasteiger partial charge in [-0.25, -0.2) is 4.98 Å². The summed E-state index contributed by atoms with van der Waals surface area (Å²) in [4.78, 5) is 4.02. The summed E-state index contributed by atoms with van der Waals surface area (Å²) in [6.45, 7) is 0.531. The molecule has 5 heteroatoms. The zero-order valence-electron chi connectivity index (χ0n) is 12.0. The number of hydrogen-bond donors (Lipinski definition) is 2. The number of fused-ring (bicyclic) bond motifs is 1. The van der Waals surface area contributed by atoms with E-state index in [1.807, 2.05) is 43.4 Å². The summed E-state index contributed by atoms with van der Waals surface area (Å²) >= 11 is 0. The lowest BCUT2D eigenvalue weighted by molar-refractivity contribution is 0.0641. The van der Waals surface area contributed by atoms with Crippen LogP contribution >= 0.6 is 0 Å². The zero-order chi connectivity index (χ0) is 14.7. The quantitative estimate of drug-likeness (QED) is 0.893. The Bertz CT molecular complexity index is 618. The van der Waals surface area contributed by atoms with Crippen molar-refractivity contribution >= 4 is 5.82 Å². The number of benzene rings is 1. The van der Waals surface area contributed by atoms with E-state index in [2.05, 4.69) is 10.3 Å². The summed E-state index contributed by atoms with van der Waals surface area (Å²) in [6, 6.07) is 11.7. The van der Waals surface area contributed by atoms with Crippen molar-refractivity contribution < 1.29 is 9.47 Å². The fraction of sp³-hybridized carbons (Fsp3) is 0.312. The fourth-order valence-corrected chi connectivity index (χ4v) is 2.53. The molecule has 3 rings (SSSR count). The Morgan fingerprint density at radius 2 is 2.14 bits per heavy atom. The normalized spacial score (nSPS) is 18.2. The van der Waals surface area contributed by atoms with Crippen LogP contribution in [0.3, 0.4) is 0 Å².